The molecule has 0 spiro atoms. The molecule has 0 unspecified atom stereocenters. The number of benzene rings is 2. The molecule has 1 heterocycles. The monoisotopic (exact) mass is 400 g/mol. The van der Waals surface area contributed by atoms with Gasteiger partial charge >= 0.3 is 0 Å². The Morgan fingerprint density at radius 3 is 1.59 bits per heavy atom. The molecule has 0 atom stereocenters. The molecule has 2 amide bonds. The predicted octanol–water partition coefficient (Wildman–Crippen LogP) is 3.39. The quantitative estimate of drug-likeness (QED) is 0.448. The van der Waals surface area contributed by atoms with Gasteiger partial charge in [0.05, 0.1) is 17.3 Å². The van der Waals surface area contributed by atoms with Gasteiger partial charge in [-0.25, -0.2) is 0 Å². The Balaban J connectivity index is 2.12. The highest BCUT2D eigenvalue weighted by atomic mass is 35.5. The molecule has 2 aromatic rings. The van der Waals surface area contributed by atoms with Crippen LogP contribution in [0, 0.1) is 19.8 Å². The lowest BCUT2D eigenvalue weighted by Gasteiger charge is -2.38. The van der Waals surface area contributed by atoms with Crippen molar-refractivity contribution in [3.8, 4) is 0 Å². The molecule has 1 saturated heterocycles. The Kier molecular flexibility index (Phi) is 5.39. The smallest absolute Gasteiger partial charge is 0.253 e. The molecule has 1 aliphatic heterocycles. The number of Topliss-reactive ketones (excluding diaryl/α,β-unsaturated/α-hetero) is 1. The van der Waals surface area contributed by atoms with E-state index in [2.05, 4.69) is 0 Å². The molecule has 7 heteroatoms. The highest BCUT2D eigenvalue weighted by molar-refractivity contribution is 7.81. The Hall–Kier alpha value is -2.57. The largest absolute Gasteiger partial charge is 0.297 e. The lowest BCUT2D eigenvalue weighted by Crippen LogP contribution is -2.62. The van der Waals surface area contributed by atoms with Crippen LogP contribution < -0.4 is 9.80 Å². The number of carbonyl (C=O) groups is 3. The molecule has 27 heavy (non-hydrogen) atoms. The van der Waals surface area contributed by atoms with Crippen molar-refractivity contribution in [2.24, 2.45) is 5.92 Å². The molecule has 1 fully saturated rings. The lowest BCUT2D eigenvalue weighted by atomic mass is 9.98. The number of hydrogen-bond donors (Lipinski definition) is 0. The average Bonchev–Trinajstić information content (AvgIpc) is 2.64. The topological polar surface area (TPSA) is 57.7 Å². The Morgan fingerprint density at radius 2 is 1.26 bits per heavy atom. The minimum atomic E-state index is -1.52. The van der Waals surface area contributed by atoms with E-state index in [1.807, 2.05) is 38.1 Å². The number of alkyl halides is 1. The summed E-state index contributed by atoms with van der Waals surface area (Å²) < 4.78 is 0. The predicted molar refractivity (Wildman–Crippen MR) is 109 cm³/mol. The minimum Gasteiger partial charge on any atom is -0.297 e. The molecule has 0 saturated carbocycles. The number of halogens is 1. The number of thiocarbonyl (C=S) groups is 1. The maximum atomic E-state index is 13.0. The molecule has 0 radical (unpaired) electrons. The fourth-order valence-electron chi connectivity index (χ4n) is 2.87. The van der Waals surface area contributed by atoms with Crippen molar-refractivity contribution >= 4 is 57.9 Å². The third-order valence-corrected chi connectivity index (χ3v) is 4.98. The number of aryl methyl sites for hydroxylation is 2. The van der Waals surface area contributed by atoms with Crippen LogP contribution in [0.4, 0.5) is 11.4 Å². The van der Waals surface area contributed by atoms with Crippen molar-refractivity contribution in [2.45, 2.75) is 13.8 Å². The molecule has 0 bridgehead atoms. The molecule has 0 aliphatic carbocycles. The van der Waals surface area contributed by atoms with Crippen molar-refractivity contribution in [1.29, 1.82) is 0 Å². The molecule has 0 N–H and O–H groups in total. The molecule has 0 aromatic heterocycles. The first kappa shape index (κ1) is 19.2. The van der Waals surface area contributed by atoms with Crippen LogP contribution in [0.1, 0.15) is 11.1 Å². The van der Waals surface area contributed by atoms with E-state index in [0.29, 0.717) is 11.4 Å². The number of carbonyl (C=O) groups excluding carboxylic acids is 3. The van der Waals surface area contributed by atoms with Crippen LogP contribution in [-0.4, -0.2) is 28.6 Å². The molecule has 138 valence electrons. The number of rotatable bonds is 4. The SMILES string of the molecule is Cc1ccc(N2C(=O)C(C(=O)CCl)C(=O)N(c3ccc(C)cc3)C2=S)cc1. The van der Waals surface area contributed by atoms with E-state index in [4.69, 9.17) is 23.8 Å². The summed E-state index contributed by atoms with van der Waals surface area (Å²) in [6, 6.07) is 14.2. The van der Waals surface area contributed by atoms with Gasteiger partial charge in [0, 0.05) is 0 Å². The maximum Gasteiger partial charge on any atom is 0.253 e. The van der Waals surface area contributed by atoms with Gasteiger partial charge in [-0.05, 0) is 50.3 Å². The summed E-state index contributed by atoms with van der Waals surface area (Å²) in [6.45, 7) is 3.84. The first-order valence-electron chi connectivity index (χ1n) is 8.29. The van der Waals surface area contributed by atoms with Crippen LogP contribution in [0.2, 0.25) is 0 Å². The number of amides is 2. The van der Waals surface area contributed by atoms with Gasteiger partial charge in [0.2, 0.25) is 0 Å². The van der Waals surface area contributed by atoms with Gasteiger partial charge < -0.3 is 0 Å². The Labute approximate surface area is 167 Å². The summed E-state index contributed by atoms with van der Waals surface area (Å²) >= 11 is 11.1. The third kappa shape index (κ3) is 3.50. The number of nitrogens with zero attached hydrogens (tertiary/aromatic N) is 2. The van der Waals surface area contributed by atoms with Gasteiger partial charge in [0.1, 0.15) is 0 Å². The van der Waals surface area contributed by atoms with Gasteiger partial charge in [-0.1, -0.05) is 35.4 Å². The van der Waals surface area contributed by atoms with E-state index < -0.39 is 29.4 Å². The van der Waals surface area contributed by atoms with E-state index in [9.17, 15) is 14.4 Å². The van der Waals surface area contributed by atoms with E-state index in [1.54, 1.807) is 24.3 Å². The summed E-state index contributed by atoms with van der Waals surface area (Å²) in [4.78, 5) is 40.7. The second kappa shape index (κ2) is 7.58. The molecule has 3 rings (SSSR count). The van der Waals surface area contributed by atoms with E-state index in [1.165, 1.54) is 9.80 Å². The van der Waals surface area contributed by atoms with Gasteiger partial charge in [-0.2, -0.15) is 0 Å². The van der Waals surface area contributed by atoms with Gasteiger partial charge in [0.15, 0.2) is 16.8 Å². The zero-order valence-electron chi connectivity index (χ0n) is 14.8. The highest BCUT2D eigenvalue weighted by Crippen LogP contribution is 2.30. The third-order valence-electron chi connectivity index (χ3n) is 4.36. The lowest BCUT2D eigenvalue weighted by molar-refractivity contribution is -0.138. The summed E-state index contributed by atoms with van der Waals surface area (Å²) in [6.07, 6.45) is 0. The van der Waals surface area contributed by atoms with Gasteiger partial charge in [0.25, 0.3) is 11.8 Å². The molecule has 5 nitrogen and oxygen atoms in total. The highest BCUT2D eigenvalue weighted by Gasteiger charge is 2.48. The summed E-state index contributed by atoms with van der Waals surface area (Å²) in [5, 5.41) is 0.0105. The first-order chi connectivity index (χ1) is 12.8. The zero-order chi connectivity index (χ0) is 19.7. The fraction of sp³-hybridized carbons (Fsp3) is 0.200. The van der Waals surface area contributed by atoms with Crippen molar-refractivity contribution in [1.82, 2.24) is 0 Å². The van der Waals surface area contributed by atoms with Gasteiger partial charge in [-0.15, -0.1) is 11.6 Å². The summed E-state index contributed by atoms with van der Waals surface area (Å²) in [5.41, 5.74) is 3.00. The van der Waals surface area contributed by atoms with Crippen molar-refractivity contribution in [3.05, 3.63) is 59.7 Å². The van der Waals surface area contributed by atoms with Crippen LogP contribution >= 0.6 is 23.8 Å². The minimum absolute atomic E-state index is 0.0105. The second-order valence-electron chi connectivity index (χ2n) is 6.33. The van der Waals surface area contributed by atoms with E-state index in [-0.39, 0.29) is 5.11 Å². The van der Waals surface area contributed by atoms with Crippen LogP contribution in [0.3, 0.4) is 0 Å². The molecular weight excluding hydrogens is 384 g/mol. The first-order valence-corrected chi connectivity index (χ1v) is 9.23. The van der Waals surface area contributed by atoms with Crippen molar-refractivity contribution in [2.75, 3.05) is 15.7 Å². The normalized spacial score (nSPS) is 15.4. The molecule has 2 aromatic carbocycles. The van der Waals surface area contributed by atoms with Crippen molar-refractivity contribution in [3.63, 3.8) is 0 Å². The molecule has 1 aliphatic rings. The van der Waals surface area contributed by atoms with Crippen molar-refractivity contribution < 1.29 is 14.4 Å². The summed E-state index contributed by atoms with van der Waals surface area (Å²) in [5.74, 6) is -3.95. The van der Waals surface area contributed by atoms with Crippen LogP contribution in [0.5, 0.6) is 0 Å². The fourth-order valence-corrected chi connectivity index (χ4v) is 3.41. The van der Waals surface area contributed by atoms with Crippen LogP contribution in [0.25, 0.3) is 0 Å². The number of anilines is 2. The standard InChI is InChI=1S/C20H17ClN2O3S/c1-12-3-7-14(8-4-12)22-18(25)17(16(24)11-21)19(26)23(20(22)27)15-9-5-13(2)6-10-15/h3-10,17H,11H2,1-2H3. The number of hydrogen-bond acceptors (Lipinski definition) is 4. The second-order valence-corrected chi connectivity index (χ2v) is 6.97. The average molecular weight is 401 g/mol. The van der Waals surface area contributed by atoms with E-state index in [0.717, 1.165) is 11.1 Å². The maximum absolute atomic E-state index is 13.0. The van der Waals surface area contributed by atoms with Gasteiger partial charge in [-0.3, -0.25) is 24.2 Å². The Bertz CT molecular complexity index is 858. The van der Waals surface area contributed by atoms with Crippen LogP contribution in [0.15, 0.2) is 48.5 Å². The van der Waals surface area contributed by atoms with E-state index >= 15 is 0 Å². The summed E-state index contributed by atoms with van der Waals surface area (Å²) in [7, 11) is 0. The zero-order valence-corrected chi connectivity index (χ0v) is 16.4. The number of ketones is 1. The van der Waals surface area contributed by atoms with Crippen LogP contribution in [-0.2, 0) is 14.4 Å². The Morgan fingerprint density at radius 1 is 0.889 bits per heavy atom. The molecular formula is C20H17ClN2O3S.